The third-order valence-electron chi connectivity index (χ3n) is 3.32. The number of nitrogens with zero attached hydrogens (tertiary/aromatic N) is 3. The van der Waals surface area contributed by atoms with Gasteiger partial charge in [-0.1, -0.05) is 12.1 Å². The summed E-state index contributed by atoms with van der Waals surface area (Å²) in [6, 6.07) is 7.46. The van der Waals surface area contributed by atoms with E-state index in [0.29, 0.717) is 5.56 Å². The molecule has 0 aliphatic carbocycles. The van der Waals surface area contributed by atoms with Crippen LogP contribution in [0.15, 0.2) is 36.7 Å². The first-order chi connectivity index (χ1) is 9.63. The highest BCUT2D eigenvalue weighted by Gasteiger charge is 2.14. The standard InChI is InChI=1S/C15H19N3O2/c1-12-16-8-9-18(12)11-10-17(2)14-7-5-4-6-13(14)15(19)20-3/h4-9H,10-11H2,1-3H3. The van der Waals surface area contributed by atoms with E-state index in [9.17, 15) is 4.79 Å². The highest BCUT2D eigenvalue weighted by atomic mass is 16.5. The Labute approximate surface area is 118 Å². The van der Waals surface area contributed by atoms with Crippen molar-refractivity contribution < 1.29 is 9.53 Å². The number of hydrogen-bond donors (Lipinski definition) is 0. The molecule has 1 aromatic heterocycles. The Bertz CT molecular complexity index is 592. The number of ether oxygens (including phenoxy) is 1. The topological polar surface area (TPSA) is 47.4 Å². The monoisotopic (exact) mass is 273 g/mol. The van der Waals surface area contributed by atoms with Crippen molar-refractivity contribution in [2.24, 2.45) is 0 Å². The summed E-state index contributed by atoms with van der Waals surface area (Å²) in [6.45, 7) is 3.57. The molecule has 2 aromatic rings. The van der Waals surface area contributed by atoms with Crippen LogP contribution in [0, 0.1) is 6.92 Å². The molecule has 20 heavy (non-hydrogen) atoms. The number of rotatable bonds is 5. The number of para-hydroxylation sites is 1. The zero-order chi connectivity index (χ0) is 14.5. The quantitative estimate of drug-likeness (QED) is 0.783. The van der Waals surface area contributed by atoms with Gasteiger partial charge in [-0.3, -0.25) is 0 Å². The average molecular weight is 273 g/mol. The van der Waals surface area contributed by atoms with Crippen molar-refractivity contribution in [3.63, 3.8) is 0 Å². The minimum atomic E-state index is -0.314. The summed E-state index contributed by atoms with van der Waals surface area (Å²) in [6.07, 6.45) is 3.74. The van der Waals surface area contributed by atoms with E-state index in [4.69, 9.17) is 4.74 Å². The predicted molar refractivity (Wildman–Crippen MR) is 78.0 cm³/mol. The number of benzene rings is 1. The summed E-state index contributed by atoms with van der Waals surface area (Å²) in [7, 11) is 3.36. The molecule has 0 unspecified atom stereocenters. The van der Waals surface area contributed by atoms with Crippen molar-refractivity contribution in [1.82, 2.24) is 9.55 Å². The van der Waals surface area contributed by atoms with Crippen LogP contribution in [-0.4, -0.2) is 36.2 Å². The molecule has 5 heteroatoms. The summed E-state index contributed by atoms with van der Waals surface area (Å²) < 4.78 is 6.90. The molecule has 0 N–H and O–H groups in total. The summed E-state index contributed by atoms with van der Waals surface area (Å²) in [5.41, 5.74) is 1.46. The molecule has 0 saturated heterocycles. The fraction of sp³-hybridized carbons (Fsp3) is 0.333. The van der Waals surface area contributed by atoms with E-state index >= 15 is 0 Å². The molecular weight excluding hydrogens is 254 g/mol. The van der Waals surface area contributed by atoms with Crippen molar-refractivity contribution in [2.45, 2.75) is 13.5 Å². The summed E-state index contributed by atoms with van der Waals surface area (Å²) >= 11 is 0. The molecule has 1 aromatic carbocycles. The molecule has 0 fully saturated rings. The van der Waals surface area contributed by atoms with Gasteiger partial charge in [-0.15, -0.1) is 0 Å². The van der Waals surface area contributed by atoms with Gasteiger partial charge in [-0.05, 0) is 19.1 Å². The molecule has 106 valence electrons. The molecule has 0 aliphatic heterocycles. The van der Waals surface area contributed by atoms with Crippen LogP contribution in [0.5, 0.6) is 0 Å². The van der Waals surface area contributed by atoms with E-state index in [-0.39, 0.29) is 5.97 Å². The third kappa shape index (κ3) is 2.99. The summed E-state index contributed by atoms with van der Waals surface area (Å²) in [5.74, 6) is 0.672. The predicted octanol–water partition coefficient (Wildman–Crippen LogP) is 2.11. The minimum absolute atomic E-state index is 0.314. The maximum atomic E-state index is 11.8. The number of carbonyl (C=O) groups excluding carboxylic acids is 1. The number of anilines is 1. The number of imidazole rings is 1. The van der Waals surface area contributed by atoms with Crippen molar-refractivity contribution >= 4 is 11.7 Å². The molecule has 0 radical (unpaired) electrons. The van der Waals surface area contributed by atoms with E-state index < -0.39 is 0 Å². The number of aromatic nitrogens is 2. The number of aryl methyl sites for hydroxylation is 1. The van der Waals surface area contributed by atoms with Crippen molar-refractivity contribution in [1.29, 1.82) is 0 Å². The zero-order valence-corrected chi connectivity index (χ0v) is 12.0. The Hall–Kier alpha value is -2.30. The molecule has 5 nitrogen and oxygen atoms in total. The molecular formula is C15H19N3O2. The van der Waals surface area contributed by atoms with Crippen molar-refractivity contribution in [3.8, 4) is 0 Å². The van der Waals surface area contributed by atoms with Gasteiger partial charge in [0.05, 0.1) is 18.4 Å². The van der Waals surface area contributed by atoms with Crippen LogP contribution in [0.1, 0.15) is 16.2 Å². The highest BCUT2D eigenvalue weighted by Crippen LogP contribution is 2.19. The van der Waals surface area contributed by atoms with E-state index in [1.165, 1.54) is 7.11 Å². The van der Waals surface area contributed by atoms with Crippen LogP contribution in [-0.2, 0) is 11.3 Å². The van der Waals surface area contributed by atoms with Crippen LogP contribution >= 0.6 is 0 Å². The van der Waals surface area contributed by atoms with Gasteiger partial charge in [0, 0.05) is 32.5 Å². The summed E-state index contributed by atoms with van der Waals surface area (Å²) in [4.78, 5) is 18.0. The molecule has 1 heterocycles. The second kappa shape index (κ2) is 6.23. The van der Waals surface area contributed by atoms with Gasteiger partial charge in [0.15, 0.2) is 0 Å². The minimum Gasteiger partial charge on any atom is -0.465 e. The van der Waals surface area contributed by atoms with Gasteiger partial charge in [-0.2, -0.15) is 0 Å². The lowest BCUT2D eigenvalue weighted by Gasteiger charge is -2.22. The molecule has 0 atom stereocenters. The lowest BCUT2D eigenvalue weighted by atomic mass is 10.1. The maximum absolute atomic E-state index is 11.8. The Morgan fingerprint density at radius 1 is 1.40 bits per heavy atom. The Morgan fingerprint density at radius 3 is 2.80 bits per heavy atom. The SMILES string of the molecule is COC(=O)c1ccccc1N(C)CCn1ccnc1C. The van der Waals surface area contributed by atoms with Gasteiger partial charge in [-0.25, -0.2) is 9.78 Å². The number of methoxy groups -OCH3 is 1. The molecule has 0 bridgehead atoms. The first-order valence-corrected chi connectivity index (χ1v) is 6.49. The van der Waals surface area contributed by atoms with Gasteiger partial charge < -0.3 is 14.2 Å². The van der Waals surface area contributed by atoms with E-state index in [2.05, 4.69) is 9.55 Å². The van der Waals surface area contributed by atoms with Crippen molar-refractivity contribution in [2.75, 3.05) is 25.6 Å². The van der Waals surface area contributed by atoms with Crippen molar-refractivity contribution in [3.05, 3.63) is 48.0 Å². The van der Waals surface area contributed by atoms with Crippen LogP contribution in [0.2, 0.25) is 0 Å². The first kappa shape index (κ1) is 14.1. The molecule has 0 saturated carbocycles. The number of carbonyl (C=O) groups is 1. The van der Waals surface area contributed by atoms with Gasteiger partial charge >= 0.3 is 5.97 Å². The van der Waals surface area contributed by atoms with E-state index in [1.807, 2.05) is 43.3 Å². The van der Waals surface area contributed by atoms with Gasteiger partial charge in [0.1, 0.15) is 5.82 Å². The molecule has 0 aliphatic rings. The van der Waals surface area contributed by atoms with Gasteiger partial charge in [0.25, 0.3) is 0 Å². The fourth-order valence-corrected chi connectivity index (χ4v) is 2.11. The van der Waals surface area contributed by atoms with Crippen LogP contribution in [0.3, 0.4) is 0 Å². The first-order valence-electron chi connectivity index (χ1n) is 6.49. The molecule has 2 rings (SSSR count). The lowest BCUT2D eigenvalue weighted by Crippen LogP contribution is -2.25. The maximum Gasteiger partial charge on any atom is 0.339 e. The smallest absolute Gasteiger partial charge is 0.339 e. The number of esters is 1. The fourth-order valence-electron chi connectivity index (χ4n) is 2.11. The Balaban J connectivity index is 2.11. The van der Waals surface area contributed by atoms with Gasteiger partial charge in [0.2, 0.25) is 0 Å². The number of hydrogen-bond acceptors (Lipinski definition) is 4. The molecule has 0 amide bonds. The van der Waals surface area contributed by atoms with E-state index in [1.54, 1.807) is 12.3 Å². The Morgan fingerprint density at radius 2 is 2.15 bits per heavy atom. The normalized spacial score (nSPS) is 10.3. The second-order valence-electron chi connectivity index (χ2n) is 4.60. The molecule has 0 spiro atoms. The Kier molecular flexibility index (Phi) is 4.40. The third-order valence-corrected chi connectivity index (χ3v) is 3.32. The van der Waals surface area contributed by atoms with Crippen LogP contribution in [0.25, 0.3) is 0 Å². The lowest BCUT2D eigenvalue weighted by molar-refractivity contribution is 0.0601. The number of likely N-dealkylation sites (N-methyl/N-ethyl adjacent to an activating group) is 1. The van der Waals surface area contributed by atoms with Crippen LogP contribution < -0.4 is 4.90 Å². The van der Waals surface area contributed by atoms with Crippen LogP contribution in [0.4, 0.5) is 5.69 Å². The average Bonchev–Trinajstić information content (AvgIpc) is 2.89. The summed E-state index contributed by atoms with van der Waals surface area (Å²) in [5, 5.41) is 0. The largest absolute Gasteiger partial charge is 0.465 e. The highest BCUT2D eigenvalue weighted by molar-refractivity contribution is 5.95. The van der Waals surface area contributed by atoms with E-state index in [0.717, 1.165) is 24.6 Å². The second-order valence-corrected chi connectivity index (χ2v) is 4.60. The zero-order valence-electron chi connectivity index (χ0n) is 12.0.